The quantitative estimate of drug-likeness (QED) is 0.762. The number of carbonyl (C=O) groups is 1. The van der Waals surface area contributed by atoms with Crippen LogP contribution in [-0.2, 0) is 9.53 Å². The Hall–Kier alpha value is -0.780. The van der Waals surface area contributed by atoms with Gasteiger partial charge < -0.3 is 10.1 Å². The van der Waals surface area contributed by atoms with E-state index in [4.69, 9.17) is 4.74 Å². The lowest BCUT2D eigenvalue weighted by Gasteiger charge is -2.29. The van der Waals surface area contributed by atoms with Crippen molar-refractivity contribution in [1.82, 2.24) is 5.32 Å². The molecule has 1 fully saturated rings. The molecule has 1 aliphatic heterocycles. The fraction of sp³-hybridized carbons (Fsp3) is 0.900. The van der Waals surface area contributed by atoms with Gasteiger partial charge in [0.15, 0.2) is 0 Å². The van der Waals surface area contributed by atoms with Crippen molar-refractivity contribution in [3.05, 3.63) is 0 Å². The number of hydrogen-bond acceptors (Lipinski definition) is 3. The second kappa shape index (κ2) is 5.52. The number of hydrogen-bond donors (Lipinski definition) is 1. The van der Waals surface area contributed by atoms with Crippen molar-refractivity contribution in [2.45, 2.75) is 25.9 Å². The highest BCUT2D eigenvalue weighted by Crippen LogP contribution is 2.30. The second-order valence-corrected chi connectivity index (χ2v) is 4.03. The number of nitrogens with one attached hydrogen (secondary N) is 1. The predicted molar refractivity (Wildman–Crippen MR) is 51.8 cm³/mol. The van der Waals surface area contributed by atoms with Crippen LogP contribution < -0.4 is 5.32 Å². The van der Waals surface area contributed by atoms with Gasteiger partial charge in [-0.25, -0.2) is 0 Å². The summed E-state index contributed by atoms with van der Waals surface area (Å²) in [6.07, 6.45) is -4.75. The van der Waals surface area contributed by atoms with Gasteiger partial charge in [-0.15, -0.1) is 0 Å². The van der Waals surface area contributed by atoms with E-state index >= 15 is 0 Å². The lowest BCUT2D eigenvalue weighted by atomic mass is 9.88. The van der Waals surface area contributed by atoms with Gasteiger partial charge in [0, 0.05) is 13.0 Å². The molecule has 0 aromatic carbocycles. The molecule has 1 N–H and O–H groups in total. The zero-order chi connectivity index (χ0) is 12.2. The maximum atomic E-state index is 12.2. The Morgan fingerprint density at radius 3 is 2.69 bits per heavy atom. The Morgan fingerprint density at radius 2 is 2.12 bits per heavy atom. The van der Waals surface area contributed by atoms with E-state index in [-0.39, 0.29) is 13.0 Å². The first-order chi connectivity index (χ1) is 7.42. The summed E-state index contributed by atoms with van der Waals surface area (Å²) in [5, 5.41) is 2.85. The standard InChI is InChI=1S/C10H16F3NO2/c1-2-16-9(15)8-3-7(5-14-6-8)4-10(11,12)13/h7-8,14H,2-6H2,1H3. The summed E-state index contributed by atoms with van der Waals surface area (Å²) in [4.78, 5) is 11.4. The molecule has 6 heteroatoms. The van der Waals surface area contributed by atoms with E-state index in [1.165, 1.54) is 0 Å². The SMILES string of the molecule is CCOC(=O)C1CNCC(CC(F)(F)F)C1. The van der Waals surface area contributed by atoms with Crippen molar-refractivity contribution in [2.24, 2.45) is 11.8 Å². The van der Waals surface area contributed by atoms with Crippen molar-refractivity contribution in [3.8, 4) is 0 Å². The molecular formula is C10H16F3NO2. The third kappa shape index (κ3) is 4.38. The van der Waals surface area contributed by atoms with Crippen LogP contribution in [-0.4, -0.2) is 31.8 Å². The number of halogens is 3. The van der Waals surface area contributed by atoms with Gasteiger partial charge in [0.25, 0.3) is 0 Å². The minimum atomic E-state index is -4.16. The molecule has 0 aromatic heterocycles. The molecule has 0 aromatic rings. The number of alkyl halides is 3. The van der Waals surface area contributed by atoms with Crippen LogP contribution in [0.15, 0.2) is 0 Å². The predicted octanol–water partition coefficient (Wildman–Crippen LogP) is 1.73. The van der Waals surface area contributed by atoms with Crippen LogP contribution in [0.4, 0.5) is 13.2 Å². The van der Waals surface area contributed by atoms with Crippen LogP contribution in [0.2, 0.25) is 0 Å². The first-order valence-electron chi connectivity index (χ1n) is 5.36. The van der Waals surface area contributed by atoms with Gasteiger partial charge in [0.05, 0.1) is 12.5 Å². The minimum Gasteiger partial charge on any atom is -0.466 e. The van der Waals surface area contributed by atoms with Crippen LogP contribution in [0, 0.1) is 11.8 Å². The fourth-order valence-corrected chi connectivity index (χ4v) is 1.95. The highest BCUT2D eigenvalue weighted by atomic mass is 19.4. The molecule has 16 heavy (non-hydrogen) atoms. The zero-order valence-corrected chi connectivity index (χ0v) is 9.14. The van der Waals surface area contributed by atoms with Crippen molar-refractivity contribution >= 4 is 5.97 Å². The summed E-state index contributed by atoms with van der Waals surface area (Å²) >= 11 is 0. The number of esters is 1. The Morgan fingerprint density at radius 1 is 1.44 bits per heavy atom. The largest absolute Gasteiger partial charge is 0.466 e. The van der Waals surface area contributed by atoms with Crippen molar-refractivity contribution in [2.75, 3.05) is 19.7 Å². The van der Waals surface area contributed by atoms with Gasteiger partial charge in [-0.2, -0.15) is 13.2 Å². The Balaban J connectivity index is 2.44. The van der Waals surface area contributed by atoms with Gasteiger partial charge in [-0.3, -0.25) is 4.79 Å². The minimum absolute atomic E-state index is 0.255. The normalized spacial score (nSPS) is 26.5. The summed E-state index contributed by atoms with van der Waals surface area (Å²) in [6.45, 7) is 2.67. The number of carbonyl (C=O) groups excluding carboxylic acids is 1. The summed E-state index contributed by atoms with van der Waals surface area (Å²) in [5.74, 6) is -1.37. The molecule has 3 nitrogen and oxygen atoms in total. The van der Waals surface area contributed by atoms with E-state index in [1.807, 2.05) is 0 Å². The smallest absolute Gasteiger partial charge is 0.389 e. The fourth-order valence-electron chi connectivity index (χ4n) is 1.95. The maximum absolute atomic E-state index is 12.2. The molecule has 0 saturated carbocycles. The van der Waals surface area contributed by atoms with Crippen molar-refractivity contribution < 1.29 is 22.7 Å². The molecule has 1 aliphatic rings. The number of rotatable bonds is 3. The maximum Gasteiger partial charge on any atom is 0.389 e. The Kier molecular flexibility index (Phi) is 4.58. The van der Waals surface area contributed by atoms with Crippen LogP contribution in [0.1, 0.15) is 19.8 Å². The highest BCUT2D eigenvalue weighted by Gasteiger charge is 2.36. The lowest BCUT2D eigenvalue weighted by Crippen LogP contribution is -2.41. The average molecular weight is 239 g/mol. The van der Waals surface area contributed by atoms with E-state index < -0.39 is 30.4 Å². The van der Waals surface area contributed by atoms with E-state index in [9.17, 15) is 18.0 Å². The molecular weight excluding hydrogens is 223 g/mol. The van der Waals surface area contributed by atoms with E-state index in [1.54, 1.807) is 6.92 Å². The van der Waals surface area contributed by atoms with Crippen LogP contribution in [0.3, 0.4) is 0 Å². The average Bonchev–Trinajstić information content (AvgIpc) is 2.16. The summed E-state index contributed by atoms with van der Waals surface area (Å²) < 4.78 is 41.3. The van der Waals surface area contributed by atoms with Gasteiger partial charge in [-0.1, -0.05) is 0 Å². The summed E-state index contributed by atoms with van der Waals surface area (Å²) in [5.41, 5.74) is 0. The molecule has 1 rings (SSSR count). The Labute approximate surface area is 92.3 Å². The Bertz CT molecular complexity index is 243. The van der Waals surface area contributed by atoms with Crippen LogP contribution in [0.5, 0.6) is 0 Å². The molecule has 94 valence electrons. The molecule has 2 atom stereocenters. The molecule has 1 heterocycles. The van der Waals surface area contributed by atoms with Crippen molar-refractivity contribution in [3.63, 3.8) is 0 Å². The third-order valence-corrected chi connectivity index (χ3v) is 2.58. The zero-order valence-electron chi connectivity index (χ0n) is 9.14. The van der Waals surface area contributed by atoms with Crippen LogP contribution >= 0.6 is 0 Å². The first kappa shape index (κ1) is 13.3. The van der Waals surface area contributed by atoms with E-state index in [2.05, 4.69) is 5.32 Å². The lowest BCUT2D eigenvalue weighted by molar-refractivity contribution is -0.156. The molecule has 0 bridgehead atoms. The second-order valence-electron chi connectivity index (χ2n) is 4.03. The molecule has 1 saturated heterocycles. The highest BCUT2D eigenvalue weighted by molar-refractivity contribution is 5.72. The number of piperidine rings is 1. The van der Waals surface area contributed by atoms with E-state index in [0.29, 0.717) is 13.1 Å². The molecule has 0 amide bonds. The molecule has 0 aliphatic carbocycles. The first-order valence-corrected chi connectivity index (χ1v) is 5.36. The molecule has 0 radical (unpaired) electrons. The summed E-state index contributed by atoms with van der Waals surface area (Å²) in [6, 6.07) is 0. The van der Waals surface area contributed by atoms with Gasteiger partial charge in [0.2, 0.25) is 0 Å². The van der Waals surface area contributed by atoms with Crippen LogP contribution in [0.25, 0.3) is 0 Å². The monoisotopic (exact) mass is 239 g/mol. The topological polar surface area (TPSA) is 38.3 Å². The molecule has 2 unspecified atom stereocenters. The summed E-state index contributed by atoms with van der Waals surface area (Å²) in [7, 11) is 0. The third-order valence-electron chi connectivity index (χ3n) is 2.58. The van der Waals surface area contributed by atoms with Crippen molar-refractivity contribution in [1.29, 1.82) is 0 Å². The molecule has 0 spiro atoms. The number of ether oxygens (including phenoxy) is 1. The van der Waals surface area contributed by atoms with E-state index in [0.717, 1.165) is 0 Å². The van der Waals surface area contributed by atoms with Gasteiger partial charge >= 0.3 is 12.1 Å². The van der Waals surface area contributed by atoms with Gasteiger partial charge in [-0.05, 0) is 25.8 Å². The van der Waals surface area contributed by atoms with Gasteiger partial charge in [0.1, 0.15) is 0 Å².